The van der Waals surface area contributed by atoms with E-state index in [1.165, 1.54) is 5.56 Å². The summed E-state index contributed by atoms with van der Waals surface area (Å²) in [6.07, 6.45) is 1.62. The molecule has 0 fully saturated rings. The van der Waals surface area contributed by atoms with Crippen LogP contribution in [0.4, 0.5) is 4.79 Å². The summed E-state index contributed by atoms with van der Waals surface area (Å²) in [6.45, 7) is 4.92. The number of hydrogen-bond acceptors (Lipinski definition) is 3. The lowest BCUT2D eigenvalue weighted by Crippen LogP contribution is -2.40. The van der Waals surface area contributed by atoms with Gasteiger partial charge in [0.2, 0.25) is 0 Å². The summed E-state index contributed by atoms with van der Waals surface area (Å²) in [4.78, 5) is 11.8. The normalized spacial score (nSPS) is 18.1. The molecule has 1 aromatic rings. The second-order valence-corrected chi connectivity index (χ2v) is 6.52. The molecule has 2 N–H and O–H groups in total. The second-order valence-electron chi connectivity index (χ2n) is 4.97. The van der Waals surface area contributed by atoms with Crippen molar-refractivity contribution in [3.05, 3.63) is 28.8 Å². The van der Waals surface area contributed by atoms with Gasteiger partial charge in [0, 0.05) is 34.9 Å². The zero-order chi connectivity index (χ0) is 14.7. The summed E-state index contributed by atoms with van der Waals surface area (Å²) < 4.78 is 16.6. The number of carbonyl (C=O) groups excluding carboxylic acids is 1. The smallest absolute Gasteiger partial charge is 0.315 e. The third kappa shape index (κ3) is 3.30. The van der Waals surface area contributed by atoms with Crippen LogP contribution in [0.1, 0.15) is 22.7 Å². The van der Waals surface area contributed by atoms with Crippen LogP contribution in [0.3, 0.4) is 0 Å². The molecule has 0 bridgehead atoms. The van der Waals surface area contributed by atoms with Crippen LogP contribution >= 0.6 is 0 Å². The molecule has 0 saturated carbocycles. The highest BCUT2D eigenvalue weighted by atomic mass is 32.2. The molecule has 1 aliphatic rings. The summed E-state index contributed by atoms with van der Waals surface area (Å²) in [5.41, 5.74) is 3.31. The monoisotopic (exact) mass is 296 g/mol. The van der Waals surface area contributed by atoms with Crippen LogP contribution in [0.25, 0.3) is 0 Å². The third-order valence-electron chi connectivity index (χ3n) is 3.46. The van der Waals surface area contributed by atoms with Gasteiger partial charge in [0.05, 0.1) is 6.04 Å². The van der Waals surface area contributed by atoms with Crippen LogP contribution in [0, 0.1) is 13.8 Å². The van der Waals surface area contributed by atoms with Gasteiger partial charge in [-0.15, -0.1) is 0 Å². The Balaban J connectivity index is 1.95. The maximum absolute atomic E-state index is 11.8. The predicted molar refractivity (Wildman–Crippen MR) is 79.6 cm³/mol. The minimum absolute atomic E-state index is 0.128. The van der Waals surface area contributed by atoms with Crippen molar-refractivity contribution in [2.75, 3.05) is 25.2 Å². The van der Waals surface area contributed by atoms with Gasteiger partial charge in [0.1, 0.15) is 12.4 Å². The summed E-state index contributed by atoms with van der Waals surface area (Å²) >= 11 is 0. The van der Waals surface area contributed by atoms with Gasteiger partial charge in [-0.05, 0) is 25.0 Å². The largest absolute Gasteiger partial charge is 0.490 e. The first kappa shape index (κ1) is 14.8. The first-order valence-corrected chi connectivity index (χ1v) is 8.29. The van der Waals surface area contributed by atoms with E-state index in [1.807, 2.05) is 26.0 Å². The number of fused-ring (bicyclic) bond motifs is 1. The van der Waals surface area contributed by atoms with Gasteiger partial charge >= 0.3 is 6.03 Å². The quantitative estimate of drug-likeness (QED) is 0.883. The Bertz CT molecular complexity index is 545. The standard InChI is InChI=1S/C14H20N2O3S/c1-9-4-5-11-12(8-19-13(11)10(9)2)16-14(17)15-6-7-20(3)18/h4-5,12H,6-8H2,1-3H3,(H2,15,16,17)/t12-,20-/m0/s1. The number of amides is 2. The van der Waals surface area contributed by atoms with E-state index in [2.05, 4.69) is 10.6 Å². The lowest BCUT2D eigenvalue weighted by Gasteiger charge is -2.13. The molecule has 0 spiro atoms. The maximum Gasteiger partial charge on any atom is 0.315 e. The number of ether oxygens (including phenoxy) is 1. The van der Waals surface area contributed by atoms with Gasteiger partial charge in [0.25, 0.3) is 0 Å². The van der Waals surface area contributed by atoms with Gasteiger partial charge < -0.3 is 15.4 Å². The van der Waals surface area contributed by atoms with Crippen LogP contribution in [0.2, 0.25) is 0 Å². The molecule has 6 heteroatoms. The van der Waals surface area contributed by atoms with Gasteiger partial charge in [-0.25, -0.2) is 4.79 Å². The fourth-order valence-corrected chi connectivity index (χ4v) is 2.56. The van der Waals surface area contributed by atoms with Crippen molar-refractivity contribution in [3.8, 4) is 5.75 Å². The Morgan fingerprint density at radius 3 is 2.90 bits per heavy atom. The molecule has 2 atom stereocenters. The van der Waals surface area contributed by atoms with Crippen molar-refractivity contribution in [1.82, 2.24) is 10.6 Å². The highest BCUT2D eigenvalue weighted by Gasteiger charge is 2.27. The average Bonchev–Trinajstić information content (AvgIpc) is 2.77. The van der Waals surface area contributed by atoms with E-state index < -0.39 is 10.8 Å². The molecule has 1 heterocycles. The molecule has 5 nitrogen and oxygen atoms in total. The van der Waals surface area contributed by atoms with E-state index in [4.69, 9.17) is 4.74 Å². The van der Waals surface area contributed by atoms with E-state index in [9.17, 15) is 9.00 Å². The van der Waals surface area contributed by atoms with Crippen molar-refractivity contribution in [2.45, 2.75) is 19.9 Å². The number of benzene rings is 1. The van der Waals surface area contributed by atoms with E-state index in [1.54, 1.807) is 6.26 Å². The van der Waals surface area contributed by atoms with Crippen LogP contribution in [0.5, 0.6) is 5.75 Å². The van der Waals surface area contributed by atoms with Gasteiger partial charge in [-0.2, -0.15) is 0 Å². The highest BCUT2D eigenvalue weighted by Crippen LogP contribution is 2.36. The zero-order valence-corrected chi connectivity index (χ0v) is 12.8. The molecular weight excluding hydrogens is 276 g/mol. The fraction of sp³-hybridized carbons (Fsp3) is 0.500. The molecule has 1 aliphatic heterocycles. The van der Waals surface area contributed by atoms with Crippen molar-refractivity contribution in [3.63, 3.8) is 0 Å². The molecule has 0 saturated heterocycles. The maximum atomic E-state index is 11.8. The molecule has 1 aromatic carbocycles. The Kier molecular flexibility index (Phi) is 4.65. The van der Waals surface area contributed by atoms with Crippen molar-refractivity contribution in [2.24, 2.45) is 0 Å². The van der Waals surface area contributed by atoms with Crippen molar-refractivity contribution >= 4 is 16.8 Å². The van der Waals surface area contributed by atoms with Crippen molar-refractivity contribution in [1.29, 1.82) is 0 Å². The minimum atomic E-state index is -0.895. The number of rotatable bonds is 4. The fourth-order valence-electron chi connectivity index (χ4n) is 2.17. The molecule has 20 heavy (non-hydrogen) atoms. The number of nitrogens with one attached hydrogen (secondary N) is 2. The Morgan fingerprint density at radius 2 is 2.20 bits per heavy atom. The number of carbonyl (C=O) groups is 1. The molecule has 0 aliphatic carbocycles. The summed E-state index contributed by atoms with van der Waals surface area (Å²) in [6, 6.07) is 3.65. The van der Waals surface area contributed by atoms with Crippen LogP contribution in [-0.4, -0.2) is 35.4 Å². The van der Waals surface area contributed by atoms with Crippen molar-refractivity contribution < 1.29 is 13.7 Å². The number of aryl methyl sites for hydroxylation is 1. The molecule has 0 aromatic heterocycles. The van der Waals surface area contributed by atoms with E-state index in [-0.39, 0.29) is 12.1 Å². The molecule has 0 unspecified atom stereocenters. The Morgan fingerprint density at radius 1 is 1.45 bits per heavy atom. The van der Waals surface area contributed by atoms with E-state index in [0.29, 0.717) is 18.9 Å². The van der Waals surface area contributed by atoms with Crippen LogP contribution in [-0.2, 0) is 10.8 Å². The SMILES string of the molecule is Cc1ccc2c(c1C)OC[C@@H]2NC(=O)NCC[S@](C)=O. The molecule has 110 valence electrons. The molecule has 2 rings (SSSR count). The van der Waals surface area contributed by atoms with E-state index >= 15 is 0 Å². The number of hydrogen-bond donors (Lipinski definition) is 2. The third-order valence-corrected chi connectivity index (χ3v) is 4.24. The van der Waals surface area contributed by atoms with Gasteiger partial charge in [-0.3, -0.25) is 4.21 Å². The average molecular weight is 296 g/mol. The minimum Gasteiger partial charge on any atom is -0.490 e. The molecule has 0 radical (unpaired) electrons. The second kappa shape index (κ2) is 6.26. The van der Waals surface area contributed by atoms with E-state index in [0.717, 1.165) is 16.9 Å². The summed E-state index contributed by atoms with van der Waals surface area (Å²) in [5.74, 6) is 1.34. The first-order chi connectivity index (χ1) is 9.49. The van der Waals surface area contributed by atoms with Gasteiger partial charge in [-0.1, -0.05) is 12.1 Å². The van der Waals surface area contributed by atoms with Crippen LogP contribution in [0.15, 0.2) is 12.1 Å². The highest BCUT2D eigenvalue weighted by molar-refractivity contribution is 7.84. The summed E-state index contributed by atoms with van der Waals surface area (Å²) in [7, 11) is -0.895. The lowest BCUT2D eigenvalue weighted by molar-refractivity contribution is 0.232. The van der Waals surface area contributed by atoms with Crippen LogP contribution < -0.4 is 15.4 Å². The summed E-state index contributed by atoms with van der Waals surface area (Å²) in [5, 5.41) is 5.58. The lowest BCUT2D eigenvalue weighted by atomic mass is 10.0. The topological polar surface area (TPSA) is 67.4 Å². The van der Waals surface area contributed by atoms with Gasteiger partial charge in [0.15, 0.2) is 0 Å². The number of urea groups is 1. The molecular formula is C14H20N2O3S. The Labute approximate surface area is 121 Å². The first-order valence-electron chi connectivity index (χ1n) is 6.56. The zero-order valence-electron chi connectivity index (χ0n) is 12.0. The molecule has 2 amide bonds. The predicted octanol–water partition coefficient (Wildman–Crippen LogP) is 1.41. The Hall–Kier alpha value is -1.56.